The lowest BCUT2D eigenvalue weighted by Gasteiger charge is -2.28. The van der Waals surface area contributed by atoms with Crippen molar-refractivity contribution in [1.29, 1.82) is 0 Å². The Bertz CT molecular complexity index is 797. The number of halogens is 1. The molecule has 1 fully saturated rings. The number of phenolic OH excluding ortho intramolecular Hbond substituents is 1. The Labute approximate surface area is 157 Å². The largest absolute Gasteiger partial charge is 0.506 e. The van der Waals surface area contributed by atoms with Crippen LogP contribution in [0.1, 0.15) is 6.42 Å². The molecule has 1 aliphatic heterocycles. The smallest absolute Gasteiger partial charge is 0.314 e. The van der Waals surface area contributed by atoms with Gasteiger partial charge in [0.25, 0.3) is 0 Å². The van der Waals surface area contributed by atoms with Gasteiger partial charge in [-0.3, -0.25) is 9.59 Å². The van der Waals surface area contributed by atoms with Gasteiger partial charge in [0.15, 0.2) is 9.84 Å². The lowest BCUT2D eigenvalue weighted by Crippen LogP contribution is -2.48. The van der Waals surface area contributed by atoms with Crippen molar-refractivity contribution >= 4 is 38.9 Å². The number of aromatic hydroxyl groups is 1. The van der Waals surface area contributed by atoms with Crippen LogP contribution in [-0.4, -0.2) is 79.9 Å². The molecular formula is C16H22ClN3O5S. The molecule has 144 valence electrons. The molecule has 1 aromatic carbocycles. The lowest BCUT2D eigenvalue weighted by molar-refractivity contribution is -0.144. The number of nitrogens with one attached hydrogen (secondary N) is 1. The summed E-state index contributed by atoms with van der Waals surface area (Å²) in [7, 11) is 0.429. The van der Waals surface area contributed by atoms with Crippen LogP contribution < -0.4 is 5.32 Å². The number of anilines is 1. The zero-order valence-electron chi connectivity index (χ0n) is 14.6. The highest BCUT2D eigenvalue weighted by atomic mass is 35.5. The van der Waals surface area contributed by atoms with Crippen LogP contribution in [0, 0.1) is 0 Å². The van der Waals surface area contributed by atoms with E-state index in [1.165, 1.54) is 23.1 Å². The monoisotopic (exact) mass is 403 g/mol. The van der Waals surface area contributed by atoms with Crippen LogP contribution in [0.5, 0.6) is 5.75 Å². The van der Waals surface area contributed by atoms with Crippen molar-refractivity contribution in [2.24, 2.45) is 0 Å². The van der Waals surface area contributed by atoms with E-state index in [4.69, 9.17) is 11.6 Å². The summed E-state index contributed by atoms with van der Waals surface area (Å²) < 4.78 is 23.5. The molecule has 0 aliphatic carbocycles. The Hall–Kier alpha value is -1.84. The number of hydrogen-bond acceptors (Lipinski definition) is 6. The Kier molecular flexibility index (Phi) is 6.48. The van der Waals surface area contributed by atoms with Crippen LogP contribution in [0.2, 0.25) is 5.02 Å². The summed E-state index contributed by atoms with van der Waals surface area (Å²) in [4.78, 5) is 28.1. The summed E-state index contributed by atoms with van der Waals surface area (Å²) >= 11 is 5.83. The molecule has 8 nitrogen and oxygen atoms in total. The van der Waals surface area contributed by atoms with E-state index in [9.17, 15) is 23.1 Å². The number of amides is 2. The molecule has 1 unspecified atom stereocenters. The quantitative estimate of drug-likeness (QED) is 0.549. The maximum Gasteiger partial charge on any atom is 0.314 e. The second-order valence-electron chi connectivity index (χ2n) is 6.47. The molecular weight excluding hydrogens is 382 g/mol. The topological polar surface area (TPSA) is 107 Å². The highest BCUT2D eigenvalue weighted by Gasteiger charge is 2.36. The first-order valence-electron chi connectivity index (χ1n) is 8.04. The first-order valence-corrected chi connectivity index (χ1v) is 10.2. The first-order chi connectivity index (χ1) is 12.1. The van der Waals surface area contributed by atoms with Gasteiger partial charge in [-0.2, -0.15) is 0 Å². The molecule has 0 spiro atoms. The molecule has 1 saturated heterocycles. The standard InChI is InChI=1S/C16H22ClN3O5S/c1-19(2)6-7-20(12-5-8-26(24,25)10-12)16(23)15(22)18-13-9-11(17)3-4-14(13)21/h3-4,9,12,21H,5-8,10H2,1-2H3,(H,18,22). The van der Waals surface area contributed by atoms with E-state index >= 15 is 0 Å². The normalized spacial score (nSPS) is 18.7. The molecule has 2 N–H and O–H groups in total. The molecule has 0 radical (unpaired) electrons. The van der Waals surface area contributed by atoms with E-state index < -0.39 is 27.7 Å². The zero-order chi connectivity index (χ0) is 19.5. The molecule has 26 heavy (non-hydrogen) atoms. The summed E-state index contributed by atoms with van der Waals surface area (Å²) in [6, 6.07) is 3.54. The minimum Gasteiger partial charge on any atom is -0.506 e. The molecule has 1 heterocycles. The van der Waals surface area contributed by atoms with Gasteiger partial charge in [0.1, 0.15) is 5.75 Å². The average molecular weight is 404 g/mol. The summed E-state index contributed by atoms with van der Waals surface area (Å²) in [5.74, 6) is -2.17. The van der Waals surface area contributed by atoms with Crippen molar-refractivity contribution < 1.29 is 23.1 Å². The lowest BCUT2D eigenvalue weighted by atomic mass is 10.2. The predicted molar refractivity (Wildman–Crippen MR) is 99.1 cm³/mol. The highest BCUT2D eigenvalue weighted by Crippen LogP contribution is 2.26. The summed E-state index contributed by atoms with van der Waals surface area (Å²) in [6.45, 7) is 0.707. The van der Waals surface area contributed by atoms with Crippen LogP contribution in [0.3, 0.4) is 0 Å². The molecule has 0 bridgehead atoms. The van der Waals surface area contributed by atoms with Crippen molar-refractivity contribution in [3.8, 4) is 5.75 Å². The third kappa shape index (κ3) is 5.33. The van der Waals surface area contributed by atoms with Crippen LogP contribution in [0.25, 0.3) is 0 Å². The first kappa shape index (κ1) is 20.5. The number of hydrogen-bond donors (Lipinski definition) is 2. The number of nitrogens with zero attached hydrogens (tertiary/aromatic N) is 2. The Balaban J connectivity index is 2.16. The third-order valence-electron chi connectivity index (χ3n) is 4.10. The Morgan fingerprint density at radius 2 is 2.00 bits per heavy atom. The van der Waals surface area contributed by atoms with Crippen LogP contribution in [0.15, 0.2) is 18.2 Å². The number of phenols is 1. The average Bonchev–Trinajstić information content (AvgIpc) is 2.90. The number of likely N-dealkylation sites (N-methyl/N-ethyl adjacent to an activating group) is 1. The number of carbonyl (C=O) groups is 2. The second kappa shape index (κ2) is 8.24. The fraction of sp³-hybridized carbons (Fsp3) is 0.500. The minimum atomic E-state index is -3.21. The SMILES string of the molecule is CN(C)CCN(C(=O)C(=O)Nc1cc(Cl)ccc1O)C1CCS(=O)(=O)C1. The van der Waals surface area contributed by atoms with Crippen LogP contribution in [0.4, 0.5) is 5.69 Å². The molecule has 0 aromatic heterocycles. The summed E-state index contributed by atoms with van der Waals surface area (Å²) in [5.41, 5.74) is 0.0162. The van der Waals surface area contributed by atoms with Crippen molar-refractivity contribution in [1.82, 2.24) is 9.80 Å². The molecule has 2 amide bonds. The highest BCUT2D eigenvalue weighted by molar-refractivity contribution is 7.91. The van der Waals surface area contributed by atoms with Gasteiger partial charge in [-0.15, -0.1) is 0 Å². The third-order valence-corrected chi connectivity index (χ3v) is 6.08. The van der Waals surface area contributed by atoms with Gasteiger partial charge in [0.05, 0.1) is 17.2 Å². The van der Waals surface area contributed by atoms with Crippen molar-refractivity contribution in [2.75, 3.05) is 44.0 Å². The van der Waals surface area contributed by atoms with Crippen LogP contribution in [-0.2, 0) is 19.4 Å². The van der Waals surface area contributed by atoms with Gasteiger partial charge in [0.2, 0.25) is 0 Å². The van der Waals surface area contributed by atoms with E-state index in [0.717, 1.165) is 0 Å². The molecule has 1 aliphatic rings. The Morgan fingerprint density at radius 1 is 1.31 bits per heavy atom. The fourth-order valence-electron chi connectivity index (χ4n) is 2.69. The van der Waals surface area contributed by atoms with Gasteiger partial charge in [-0.05, 0) is 38.7 Å². The van der Waals surface area contributed by atoms with E-state index in [1.807, 2.05) is 19.0 Å². The molecule has 2 rings (SSSR count). The zero-order valence-corrected chi connectivity index (χ0v) is 16.2. The van der Waals surface area contributed by atoms with Crippen LogP contribution >= 0.6 is 11.6 Å². The van der Waals surface area contributed by atoms with Crippen molar-refractivity contribution in [2.45, 2.75) is 12.5 Å². The minimum absolute atomic E-state index is 0.000110. The molecule has 1 atom stereocenters. The van der Waals surface area contributed by atoms with Crippen molar-refractivity contribution in [3.63, 3.8) is 0 Å². The number of rotatable bonds is 5. The summed E-state index contributed by atoms with van der Waals surface area (Å²) in [5, 5.41) is 12.4. The number of carbonyl (C=O) groups excluding carboxylic acids is 2. The Morgan fingerprint density at radius 3 is 2.58 bits per heavy atom. The predicted octanol–water partition coefficient (Wildman–Crippen LogP) is 0.561. The van der Waals surface area contributed by atoms with Gasteiger partial charge in [0, 0.05) is 24.2 Å². The molecule has 0 saturated carbocycles. The fourth-order valence-corrected chi connectivity index (χ4v) is 4.60. The maximum atomic E-state index is 12.6. The van der Waals surface area contributed by atoms with Gasteiger partial charge >= 0.3 is 11.8 Å². The number of sulfone groups is 1. The van der Waals surface area contributed by atoms with Gasteiger partial charge < -0.3 is 20.2 Å². The van der Waals surface area contributed by atoms with Gasteiger partial charge in [-0.25, -0.2) is 8.42 Å². The summed E-state index contributed by atoms with van der Waals surface area (Å²) in [6.07, 6.45) is 0.303. The molecule has 1 aromatic rings. The number of benzene rings is 1. The maximum absolute atomic E-state index is 12.6. The van der Waals surface area contributed by atoms with E-state index in [0.29, 0.717) is 13.0 Å². The molecule has 10 heteroatoms. The van der Waals surface area contributed by atoms with Gasteiger partial charge in [-0.1, -0.05) is 11.6 Å². The van der Waals surface area contributed by atoms with E-state index in [2.05, 4.69) is 5.32 Å². The van der Waals surface area contributed by atoms with E-state index in [-0.39, 0.29) is 34.5 Å². The van der Waals surface area contributed by atoms with E-state index in [1.54, 1.807) is 0 Å². The van der Waals surface area contributed by atoms with Crippen molar-refractivity contribution in [3.05, 3.63) is 23.2 Å². The second-order valence-corrected chi connectivity index (χ2v) is 9.14.